The summed E-state index contributed by atoms with van der Waals surface area (Å²) in [4.78, 5) is 15.2. The van der Waals surface area contributed by atoms with E-state index in [0.29, 0.717) is 23.1 Å². The number of hydrogen-bond donors (Lipinski definition) is 0. The third-order valence-corrected chi connectivity index (χ3v) is 4.71. The molecular formula is C17H19Cl2NO2S. The molecule has 124 valence electrons. The van der Waals surface area contributed by atoms with Gasteiger partial charge in [0.1, 0.15) is 0 Å². The highest BCUT2D eigenvalue weighted by Gasteiger charge is 2.14. The largest absolute Gasteiger partial charge is 0.462 e. The predicted molar refractivity (Wildman–Crippen MR) is 98.0 cm³/mol. The van der Waals surface area contributed by atoms with Crippen molar-refractivity contribution in [2.75, 3.05) is 18.6 Å². The van der Waals surface area contributed by atoms with E-state index in [1.54, 1.807) is 23.5 Å². The maximum Gasteiger partial charge on any atom is 0.339 e. The molecule has 0 amide bonds. The van der Waals surface area contributed by atoms with E-state index < -0.39 is 0 Å². The van der Waals surface area contributed by atoms with Crippen LogP contribution in [0.5, 0.6) is 0 Å². The van der Waals surface area contributed by atoms with Gasteiger partial charge in [-0.3, -0.25) is 0 Å². The summed E-state index contributed by atoms with van der Waals surface area (Å²) in [6.07, 6.45) is 0. The lowest BCUT2D eigenvalue weighted by molar-refractivity contribution is 0.0459. The summed E-state index contributed by atoms with van der Waals surface area (Å²) in [5.41, 5.74) is 1.32. The molecule has 23 heavy (non-hydrogen) atoms. The summed E-state index contributed by atoms with van der Waals surface area (Å²) in [7, 11) is 1.97. The Labute approximate surface area is 150 Å². The molecule has 0 aliphatic carbocycles. The van der Waals surface area contributed by atoms with Crippen LogP contribution in [-0.2, 0) is 11.3 Å². The average molecular weight is 372 g/mol. The molecule has 1 aromatic heterocycles. The molecule has 3 nitrogen and oxygen atoms in total. The Morgan fingerprint density at radius 3 is 2.57 bits per heavy atom. The number of ether oxygens (including phenoxy) is 1. The van der Waals surface area contributed by atoms with Gasteiger partial charge in [0, 0.05) is 17.6 Å². The highest BCUT2D eigenvalue weighted by atomic mass is 35.5. The van der Waals surface area contributed by atoms with Crippen molar-refractivity contribution in [2.45, 2.75) is 20.4 Å². The van der Waals surface area contributed by atoms with E-state index in [-0.39, 0.29) is 5.97 Å². The zero-order valence-electron chi connectivity index (χ0n) is 13.3. The Hall–Kier alpha value is -1.23. The van der Waals surface area contributed by atoms with Gasteiger partial charge >= 0.3 is 5.97 Å². The quantitative estimate of drug-likeness (QED) is 0.627. The number of anilines is 1. The van der Waals surface area contributed by atoms with E-state index in [1.165, 1.54) is 0 Å². The van der Waals surface area contributed by atoms with Crippen LogP contribution in [0.4, 0.5) is 5.69 Å². The van der Waals surface area contributed by atoms with E-state index in [0.717, 1.165) is 21.4 Å². The lowest BCUT2D eigenvalue weighted by atomic mass is 10.2. The lowest BCUT2D eigenvalue weighted by Gasteiger charge is -2.19. The monoisotopic (exact) mass is 371 g/mol. The smallest absolute Gasteiger partial charge is 0.339 e. The molecule has 2 aromatic rings. The molecule has 2 rings (SSSR count). The molecule has 0 radical (unpaired) electrons. The number of thiophene rings is 1. The lowest BCUT2D eigenvalue weighted by Crippen LogP contribution is -2.16. The summed E-state index contributed by atoms with van der Waals surface area (Å²) in [6.45, 7) is 5.09. The number of esters is 1. The van der Waals surface area contributed by atoms with Crippen LogP contribution in [0.1, 0.15) is 29.1 Å². The number of hydrogen-bond acceptors (Lipinski definition) is 4. The fraction of sp³-hybridized carbons (Fsp3) is 0.353. The first kappa shape index (κ1) is 18.1. The molecule has 0 saturated carbocycles. The van der Waals surface area contributed by atoms with Crippen molar-refractivity contribution in [3.05, 3.63) is 50.1 Å². The van der Waals surface area contributed by atoms with E-state index in [1.807, 2.05) is 39.1 Å². The van der Waals surface area contributed by atoms with Gasteiger partial charge in [0.25, 0.3) is 0 Å². The zero-order valence-corrected chi connectivity index (χ0v) is 15.6. The molecule has 1 aromatic carbocycles. The Balaban J connectivity index is 2.07. The third-order valence-electron chi connectivity index (χ3n) is 3.18. The van der Waals surface area contributed by atoms with Crippen LogP contribution in [0.2, 0.25) is 9.36 Å². The first-order chi connectivity index (χ1) is 10.9. The fourth-order valence-electron chi connectivity index (χ4n) is 1.99. The molecule has 0 bridgehead atoms. The molecule has 0 N–H and O–H groups in total. The number of nitrogens with zero attached hydrogens (tertiary/aromatic N) is 1. The normalized spacial score (nSPS) is 10.9. The molecule has 0 aliphatic heterocycles. The second-order valence-electron chi connectivity index (χ2n) is 5.72. The Morgan fingerprint density at radius 2 is 2.00 bits per heavy atom. The Kier molecular flexibility index (Phi) is 6.33. The van der Waals surface area contributed by atoms with Gasteiger partial charge < -0.3 is 9.64 Å². The SMILES string of the molecule is CC(C)COC(=O)c1ccc(N(C)Cc2ccc(Cl)s2)cc1Cl. The number of carbonyl (C=O) groups is 1. The van der Waals surface area contributed by atoms with Gasteiger partial charge in [0.2, 0.25) is 0 Å². The van der Waals surface area contributed by atoms with E-state index in [4.69, 9.17) is 27.9 Å². The van der Waals surface area contributed by atoms with Crippen molar-refractivity contribution in [1.29, 1.82) is 0 Å². The number of rotatable bonds is 6. The summed E-state index contributed by atoms with van der Waals surface area (Å²) in [6, 6.07) is 9.24. The summed E-state index contributed by atoms with van der Waals surface area (Å²) < 4.78 is 5.99. The second kappa shape index (κ2) is 8.04. The second-order valence-corrected chi connectivity index (χ2v) is 7.93. The van der Waals surface area contributed by atoms with Crippen molar-refractivity contribution in [1.82, 2.24) is 0 Å². The molecule has 0 aliphatic rings. The van der Waals surface area contributed by atoms with E-state index in [2.05, 4.69) is 4.90 Å². The first-order valence-corrected chi connectivity index (χ1v) is 8.86. The Morgan fingerprint density at radius 1 is 1.26 bits per heavy atom. The van der Waals surface area contributed by atoms with Crippen LogP contribution in [0.25, 0.3) is 0 Å². The summed E-state index contributed by atoms with van der Waals surface area (Å²) >= 11 is 13.7. The molecule has 1 heterocycles. The van der Waals surface area contributed by atoms with Crippen molar-refractivity contribution in [3.63, 3.8) is 0 Å². The van der Waals surface area contributed by atoms with Gasteiger partial charge in [-0.05, 0) is 36.2 Å². The van der Waals surface area contributed by atoms with E-state index in [9.17, 15) is 4.79 Å². The summed E-state index contributed by atoms with van der Waals surface area (Å²) in [5, 5.41) is 0.396. The molecule has 6 heteroatoms. The summed E-state index contributed by atoms with van der Waals surface area (Å²) in [5.74, 6) is -0.0938. The molecule has 0 fully saturated rings. The highest BCUT2D eigenvalue weighted by Crippen LogP contribution is 2.27. The predicted octanol–water partition coefficient (Wildman–Crippen LogP) is 5.50. The Bertz CT molecular complexity index is 685. The van der Waals surface area contributed by atoms with Crippen LogP contribution in [0, 0.1) is 5.92 Å². The molecule has 0 unspecified atom stereocenters. The van der Waals surface area contributed by atoms with Gasteiger partial charge in [-0.25, -0.2) is 4.79 Å². The van der Waals surface area contributed by atoms with Crippen LogP contribution in [-0.4, -0.2) is 19.6 Å². The maximum absolute atomic E-state index is 12.0. The number of carbonyl (C=O) groups excluding carboxylic acids is 1. The van der Waals surface area contributed by atoms with Crippen LogP contribution in [0.15, 0.2) is 30.3 Å². The van der Waals surface area contributed by atoms with Crippen LogP contribution >= 0.6 is 34.5 Å². The van der Waals surface area contributed by atoms with Crippen molar-refractivity contribution < 1.29 is 9.53 Å². The molecule has 0 atom stereocenters. The van der Waals surface area contributed by atoms with Crippen molar-refractivity contribution >= 4 is 46.2 Å². The maximum atomic E-state index is 12.0. The standard InChI is InChI=1S/C17H19Cl2NO2S/c1-11(2)10-22-17(21)14-6-4-12(8-15(14)18)20(3)9-13-5-7-16(19)23-13/h4-8,11H,9-10H2,1-3H3. The van der Waals surface area contributed by atoms with E-state index >= 15 is 0 Å². The first-order valence-electron chi connectivity index (χ1n) is 7.29. The van der Waals surface area contributed by atoms with Crippen LogP contribution < -0.4 is 4.90 Å². The van der Waals surface area contributed by atoms with Crippen molar-refractivity contribution in [3.8, 4) is 0 Å². The minimum Gasteiger partial charge on any atom is -0.462 e. The van der Waals surface area contributed by atoms with Crippen LogP contribution in [0.3, 0.4) is 0 Å². The van der Waals surface area contributed by atoms with Gasteiger partial charge in [-0.15, -0.1) is 11.3 Å². The highest BCUT2D eigenvalue weighted by molar-refractivity contribution is 7.16. The molecule has 0 spiro atoms. The van der Waals surface area contributed by atoms with Crippen molar-refractivity contribution in [2.24, 2.45) is 5.92 Å². The van der Waals surface area contributed by atoms with Gasteiger partial charge in [0.05, 0.1) is 28.1 Å². The van der Waals surface area contributed by atoms with Gasteiger partial charge in [-0.2, -0.15) is 0 Å². The minimum atomic E-state index is -0.386. The average Bonchev–Trinajstić information content (AvgIpc) is 2.89. The topological polar surface area (TPSA) is 29.5 Å². The fourth-order valence-corrected chi connectivity index (χ4v) is 3.38. The number of halogens is 2. The third kappa shape index (κ3) is 5.13. The minimum absolute atomic E-state index is 0.292. The molecular weight excluding hydrogens is 353 g/mol. The molecule has 0 saturated heterocycles. The van der Waals surface area contributed by atoms with Gasteiger partial charge in [-0.1, -0.05) is 37.0 Å². The van der Waals surface area contributed by atoms with Gasteiger partial charge in [0.15, 0.2) is 0 Å². The zero-order chi connectivity index (χ0) is 17.0. The number of benzene rings is 1.